The summed E-state index contributed by atoms with van der Waals surface area (Å²) in [7, 11) is 0. The summed E-state index contributed by atoms with van der Waals surface area (Å²) < 4.78 is 0. The predicted molar refractivity (Wildman–Crippen MR) is 170 cm³/mol. The molecule has 0 aliphatic carbocycles. The minimum atomic E-state index is -0.364. The maximum atomic E-state index is 12.7. The van der Waals surface area contributed by atoms with E-state index in [9.17, 15) is 9.59 Å². The predicted octanol–water partition coefficient (Wildman–Crippen LogP) is 6.76. The van der Waals surface area contributed by atoms with Gasteiger partial charge in [0.05, 0.1) is 0 Å². The zero-order valence-corrected chi connectivity index (χ0v) is 25.0. The van der Waals surface area contributed by atoms with Crippen LogP contribution in [0.25, 0.3) is 16.8 Å². The lowest BCUT2D eigenvalue weighted by atomic mass is 10.0. The van der Waals surface area contributed by atoms with Crippen molar-refractivity contribution in [3.05, 3.63) is 83.9 Å². The number of aryl methyl sites for hydroxylation is 1. The fourth-order valence-corrected chi connectivity index (χ4v) is 5.04. The van der Waals surface area contributed by atoms with E-state index in [1.807, 2.05) is 49.4 Å². The molecule has 1 aromatic carbocycles. The Morgan fingerprint density at radius 3 is 2.63 bits per heavy atom. The molecule has 7 nitrogen and oxygen atoms in total. The highest BCUT2D eigenvalue weighted by atomic mass is 16.2. The number of urea groups is 1. The molecular weight excluding hydrogens is 510 g/mol. The quantitative estimate of drug-likeness (QED) is 0.194. The topological polar surface area (TPSA) is 89.3 Å². The van der Waals surface area contributed by atoms with E-state index in [1.165, 1.54) is 16.8 Å². The number of carbonyl (C=O) groups is 2. The Morgan fingerprint density at radius 1 is 1.22 bits per heavy atom. The highest BCUT2D eigenvalue weighted by Crippen LogP contribution is 2.28. The number of anilines is 1. The number of nitrogens with zero attached hydrogens (tertiary/aromatic N) is 1. The lowest BCUT2D eigenvalue weighted by Gasteiger charge is -2.35. The number of hydrogen-bond acceptors (Lipinski definition) is 3. The molecule has 4 N–H and O–H groups in total. The van der Waals surface area contributed by atoms with Gasteiger partial charge in [0.15, 0.2) is 0 Å². The normalized spacial score (nSPS) is 15.7. The summed E-state index contributed by atoms with van der Waals surface area (Å²) >= 11 is 0. The number of piperidine rings is 1. The molecule has 41 heavy (non-hydrogen) atoms. The fourth-order valence-electron chi connectivity index (χ4n) is 5.04. The Labute approximate surface area is 244 Å². The molecule has 0 radical (unpaired) electrons. The number of aromatic amines is 1. The highest BCUT2D eigenvalue weighted by molar-refractivity contribution is 5.93. The largest absolute Gasteiger partial charge is 0.369 e. The van der Waals surface area contributed by atoms with Gasteiger partial charge in [0, 0.05) is 47.6 Å². The van der Waals surface area contributed by atoms with Crippen molar-refractivity contribution in [2.75, 3.05) is 18.4 Å². The van der Waals surface area contributed by atoms with Crippen LogP contribution in [0.2, 0.25) is 0 Å². The second kappa shape index (κ2) is 15.4. The van der Waals surface area contributed by atoms with Crippen LogP contribution in [-0.4, -0.2) is 41.0 Å². The molecule has 1 aliphatic heterocycles. The molecule has 0 spiro atoms. The molecule has 0 bridgehead atoms. The third-order valence-electron chi connectivity index (χ3n) is 6.94. The molecule has 1 saturated heterocycles. The zero-order chi connectivity index (χ0) is 29.8. The lowest BCUT2D eigenvalue weighted by Crippen LogP contribution is -2.46. The van der Waals surface area contributed by atoms with Gasteiger partial charge in [0.25, 0.3) is 5.91 Å². The van der Waals surface area contributed by atoms with Gasteiger partial charge >= 0.3 is 6.03 Å². The number of likely N-dealkylation sites (tertiary alicyclic amines) is 1. The number of benzene rings is 1. The van der Waals surface area contributed by atoms with Crippen LogP contribution in [-0.2, 0) is 11.2 Å². The first-order valence-electron chi connectivity index (χ1n) is 14.4. The summed E-state index contributed by atoms with van der Waals surface area (Å²) in [5.74, 6) is 4.92. The molecule has 1 atom stereocenters. The van der Waals surface area contributed by atoms with Crippen molar-refractivity contribution in [2.45, 2.75) is 66.3 Å². The van der Waals surface area contributed by atoms with Crippen molar-refractivity contribution in [3.63, 3.8) is 0 Å². The van der Waals surface area contributed by atoms with Crippen LogP contribution < -0.4 is 16.0 Å². The van der Waals surface area contributed by atoms with Gasteiger partial charge in [0.1, 0.15) is 0 Å². The number of allylic oxidation sites excluding steroid dienone is 5. The molecule has 2 aromatic rings. The number of amides is 3. The third kappa shape index (κ3) is 9.04. The lowest BCUT2D eigenvalue weighted by molar-refractivity contribution is -0.116. The zero-order valence-electron chi connectivity index (χ0n) is 25.0. The number of carbonyl (C=O) groups excluding carboxylic acids is 2. The molecule has 1 aliphatic rings. The smallest absolute Gasteiger partial charge is 0.323 e. The number of aromatic nitrogens is 1. The summed E-state index contributed by atoms with van der Waals surface area (Å²) in [6.07, 6.45) is 11.8. The second-order valence-corrected chi connectivity index (χ2v) is 10.1. The first kappa shape index (κ1) is 31.1. The van der Waals surface area contributed by atoms with Gasteiger partial charge in [-0.15, -0.1) is 0 Å². The first-order valence-corrected chi connectivity index (χ1v) is 14.4. The Morgan fingerprint density at radius 2 is 1.98 bits per heavy atom. The van der Waals surface area contributed by atoms with E-state index in [2.05, 4.69) is 77.2 Å². The monoisotopic (exact) mass is 553 g/mol. The van der Waals surface area contributed by atoms with E-state index < -0.39 is 0 Å². The van der Waals surface area contributed by atoms with Crippen LogP contribution in [0.3, 0.4) is 0 Å². The molecule has 3 rings (SSSR count). The van der Waals surface area contributed by atoms with Crippen LogP contribution in [0, 0.1) is 11.8 Å². The summed E-state index contributed by atoms with van der Waals surface area (Å²) in [5.41, 5.74) is 7.95. The molecule has 1 aromatic heterocycles. The maximum absolute atomic E-state index is 12.7. The van der Waals surface area contributed by atoms with E-state index in [4.69, 9.17) is 0 Å². The van der Waals surface area contributed by atoms with Gasteiger partial charge < -0.3 is 25.8 Å². The van der Waals surface area contributed by atoms with Crippen LogP contribution in [0.1, 0.15) is 65.1 Å². The Balaban J connectivity index is 1.62. The molecule has 7 heteroatoms. The van der Waals surface area contributed by atoms with E-state index in [1.54, 1.807) is 6.92 Å². The Hall–Kier alpha value is -4.44. The molecule has 1 fully saturated rings. The van der Waals surface area contributed by atoms with E-state index >= 15 is 0 Å². The summed E-state index contributed by atoms with van der Waals surface area (Å²) in [6.45, 7) is 15.6. The van der Waals surface area contributed by atoms with Gasteiger partial charge in [-0.3, -0.25) is 4.79 Å². The van der Waals surface area contributed by atoms with Crippen LogP contribution in [0.15, 0.2) is 72.6 Å². The van der Waals surface area contributed by atoms with E-state index in [0.29, 0.717) is 17.9 Å². The van der Waals surface area contributed by atoms with Crippen LogP contribution in [0.4, 0.5) is 10.5 Å². The van der Waals surface area contributed by atoms with Gasteiger partial charge in [-0.2, -0.15) is 0 Å². The third-order valence-corrected chi connectivity index (χ3v) is 6.94. The van der Waals surface area contributed by atoms with E-state index in [-0.39, 0.29) is 18.0 Å². The Bertz CT molecular complexity index is 1380. The van der Waals surface area contributed by atoms with Crippen molar-refractivity contribution >= 4 is 23.2 Å². The summed E-state index contributed by atoms with van der Waals surface area (Å²) in [6, 6.07) is 9.64. The van der Waals surface area contributed by atoms with Crippen molar-refractivity contribution < 1.29 is 9.59 Å². The molecule has 216 valence electrons. The van der Waals surface area contributed by atoms with Gasteiger partial charge in [-0.25, -0.2) is 4.79 Å². The van der Waals surface area contributed by atoms with Gasteiger partial charge in [-0.05, 0) is 99.4 Å². The van der Waals surface area contributed by atoms with Crippen molar-refractivity contribution in [2.24, 2.45) is 0 Å². The number of hydrogen-bond donors (Lipinski definition) is 4. The first-order chi connectivity index (χ1) is 19.8. The SMILES string of the molecule is C=C(/C=C(\C=C/C)N1CCCC(NC(=O)C#CC)C1)NC(=O)Nc1ccc(-c2cc(/C(C)=C/CC)c(CC)[nH]2)cc1. The molecule has 2 heterocycles. The maximum Gasteiger partial charge on any atom is 0.323 e. The van der Waals surface area contributed by atoms with Crippen molar-refractivity contribution in [1.29, 1.82) is 0 Å². The minimum absolute atomic E-state index is 0.0150. The highest BCUT2D eigenvalue weighted by Gasteiger charge is 2.22. The Kier molecular flexibility index (Phi) is 11.7. The van der Waals surface area contributed by atoms with E-state index in [0.717, 1.165) is 49.2 Å². The molecular formula is C34H43N5O2. The second-order valence-electron chi connectivity index (χ2n) is 10.1. The minimum Gasteiger partial charge on any atom is -0.369 e. The average molecular weight is 554 g/mol. The van der Waals surface area contributed by atoms with Crippen LogP contribution >= 0.6 is 0 Å². The molecule has 3 amide bonds. The summed E-state index contributed by atoms with van der Waals surface area (Å²) in [5, 5.41) is 8.69. The number of nitrogens with one attached hydrogen (secondary N) is 4. The molecule has 0 saturated carbocycles. The number of rotatable bonds is 10. The number of H-pyrrole nitrogens is 1. The van der Waals surface area contributed by atoms with Crippen LogP contribution in [0.5, 0.6) is 0 Å². The van der Waals surface area contributed by atoms with Crippen molar-refractivity contribution in [1.82, 2.24) is 20.5 Å². The van der Waals surface area contributed by atoms with Gasteiger partial charge in [0.2, 0.25) is 0 Å². The van der Waals surface area contributed by atoms with Gasteiger partial charge in [-0.1, -0.05) is 50.6 Å². The van der Waals surface area contributed by atoms with Crippen molar-refractivity contribution in [3.8, 4) is 23.1 Å². The molecule has 1 unspecified atom stereocenters. The summed E-state index contributed by atoms with van der Waals surface area (Å²) in [4.78, 5) is 30.4. The fraction of sp³-hybridized carbons (Fsp3) is 0.353. The standard InChI is InChI=1S/C34H43N5O2/c1-7-12-24(5)30-22-32(38-31(30)10-4)26-16-18-27(19-17-26)37-34(41)35-25(6)21-29(13-8-2)39-20-11-15-28(23-39)36-33(40)14-9-3/h8,12-13,16-19,21-22,28,38H,6-7,10-11,15,20,23H2,1-5H3,(H,36,40)(H2,35,37,41)/b13-8-,24-12+,29-21+. The average Bonchev–Trinajstić information content (AvgIpc) is 3.38.